The molecule has 0 bridgehead atoms. The smallest absolute Gasteiger partial charge is 0.123 e. The summed E-state index contributed by atoms with van der Waals surface area (Å²) in [5, 5.41) is 3.19. The van der Waals surface area contributed by atoms with Crippen LogP contribution in [-0.4, -0.2) is 13.7 Å². The number of hydrogen-bond donors (Lipinski definition) is 1. The average molecular weight is 207 g/mol. The first-order valence-corrected chi connectivity index (χ1v) is 5.11. The first-order chi connectivity index (χ1) is 7.15. The van der Waals surface area contributed by atoms with E-state index in [4.69, 9.17) is 4.74 Å². The molecule has 0 aromatic carbocycles. The number of nitrogens with one attached hydrogen (secondary N) is 1. The minimum absolute atomic E-state index is 0.733. The molecule has 0 aromatic rings. The third kappa shape index (κ3) is 5.78. The van der Waals surface area contributed by atoms with Crippen LogP contribution in [0.25, 0.3) is 0 Å². The molecule has 0 aliphatic heterocycles. The number of methoxy groups -OCH3 is 1. The molecular weight excluding hydrogens is 186 g/mol. The highest BCUT2D eigenvalue weighted by atomic mass is 16.5. The molecule has 0 atom stereocenters. The van der Waals surface area contributed by atoms with Crippen LogP contribution in [0.2, 0.25) is 0 Å². The van der Waals surface area contributed by atoms with Crippen LogP contribution in [0.1, 0.15) is 20.3 Å². The summed E-state index contributed by atoms with van der Waals surface area (Å²) in [5.41, 5.74) is 2.08. The van der Waals surface area contributed by atoms with Crippen LogP contribution in [0.4, 0.5) is 0 Å². The lowest BCUT2D eigenvalue weighted by atomic mass is 10.1. The van der Waals surface area contributed by atoms with E-state index in [9.17, 15) is 0 Å². The topological polar surface area (TPSA) is 21.3 Å². The molecule has 0 fully saturated rings. The highest BCUT2D eigenvalue weighted by molar-refractivity contribution is 5.30. The van der Waals surface area contributed by atoms with Crippen molar-refractivity contribution in [3.05, 3.63) is 48.4 Å². The van der Waals surface area contributed by atoms with Crippen LogP contribution in [-0.2, 0) is 4.74 Å². The Bertz CT molecular complexity index is 274. The molecule has 1 N–H and O–H groups in total. The lowest BCUT2D eigenvalue weighted by molar-refractivity contribution is 0.299. The van der Waals surface area contributed by atoms with E-state index in [2.05, 4.69) is 31.5 Å². The van der Waals surface area contributed by atoms with Crippen LogP contribution in [0.15, 0.2) is 48.4 Å². The second kappa shape index (κ2) is 7.92. The van der Waals surface area contributed by atoms with Crippen molar-refractivity contribution >= 4 is 0 Å². The molecule has 0 saturated carbocycles. The Morgan fingerprint density at radius 3 is 2.53 bits per heavy atom. The summed E-state index contributed by atoms with van der Waals surface area (Å²) in [4.78, 5) is 0. The van der Waals surface area contributed by atoms with Crippen LogP contribution in [0.5, 0.6) is 0 Å². The number of hydrogen-bond acceptors (Lipinski definition) is 2. The summed E-state index contributed by atoms with van der Waals surface area (Å²) >= 11 is 0. The van der Waals surface area contributed by atoms with Gasteiger partial charge in [0.25, 0.3) is 0 Å². The van der Waals surface area contributed by atoms with E-state index in [1.165, 1.54) is 0 Å². The third-order valence-corrected chi connectivity index (χ3v) is 1.84. The molecule has 2 nitrogen and oxygen atoms in total. The molecular formula is C13H21NO. The fourth-order valence-electron chi connectivity index (χ4n) is 1.17. The summed E-state index contributed by atoms with van der Waals surface area (Å²) in [6, 6.07) is 0. The highest BCUT2D eigenvalue weighted by Crippen LogP contribution is 2.11. The molecule has 0 rings (SSSR count). The van der Waals surface area contributed by atoms with Gasteiger partial charge in [0.2, 0.25) is 0 Å². The minimum atomic E-state index is 0.733. The lowest BCUT2D eigenvalue weighted by Gasteiger charge is -2.12. The van der Waals surface area contributed by atoms with Gasteiger partial charge in [-0.2, -0.15) is 0 Å². The molecule has 0 saturated heterocycles. The van der Waals surface area contributed by atoms with E-state index < -0.39 is 0 Å². The van der Waals surface area contributed by atoms with E-state index >= 15 is 0 Å². The van der Waals surface area contributed by atoms with Crippen molar-refractivity contribution in [2.75, 3.05) is 13.7 Å². The Morgan fingerprint density at radius 1 is 1.47 bits per heavy atom. The minimum Gasteiger partial charge on any atom is -0.496 e. The van der Waals surface area contributed by atoms with Crippen molar-refractivity contribution in [2.24, 2.45) is 0 Å². The fraction of sp³-hybridized carbons (Fsp3) is 0.385. The molecule has 0 amide bonds. The maximum Gasteiger partial charge on any atom is 0.123 e. The van der Waals surface area contributed by atoms with Gasteiger partial charge in [0.15, 0.2) is 0 Å². The van der Waals surface area contributed by atoms with Crippen molar-refractivity contribution < 1.29 is 4.74 Å². The molecule has 84 valence electrons. The fourth-order valence-corrected chi connectivity index (χ4v) is 1.17. The van der Waals surface area contributed by atoms with Gasteiger partial charge in [-0.3, -0.25) is 0 Å². The zero-order chi connectivity index (χ0) is 11.7. The van der Waals surface area contributed by atoms with Gasteiger partial charge in [0.05, 0.1) is 7.11 Å². The zero-order valence-electron chi connectivity index (χ0n) is 9.97. The standard InChI is InChI=1S/C13H21NO/c1-6-8-12(10-14-11(3)4)13(15-5)9-7-2/h7-9,14H,2-3,6,10H2,1,4-5H3/b12-8-,13-9+. The van der Waals surface area contributed by atoms with Crippen LogP contribution < -0.4 is 5.32 Å². The predicted octanol–water partition coefficient (Wildman–Crippen LogP) is 3.16. The number of allylic oxidation sites excluding steroid dienone is 4. The number of rotatable bonds is 7. The van der Waals surface area contributed by atoms with Crippen molar-refractivity contribution in [1.82, 2.24) is 5.32 Å². The summed E-state index contributed by atoms with van der Waals surface area (Å²) in [6.07, 6.45) is 6.70. The molecule has 0 aliphatic rings. The lowest BCUT2D eigenvalue weighted by Crippen LogP contribution is -2.15. The van der Waals surface area contributed by atoms with E-state index in [0.29, 0.717) is 0 Å². The SMILES string of the molecule is C=C/C=C(OC)\C(=C/CC)CNC(=C)C. The monoisotopic (exact) mass is 207 g/mol. The Labute approximate surface area is 93.0 Å². The van der Waals surface area contributed by atoms with E-state index in [-0.39, 0.29) is 0 Å². The van der Waals surface area contributed by atoms with Gasteiger partial charge in [-0.05, 0) is 19.4 Å². The molecule has 0 heterocycles. The van der Waals surface area contributed by atoms with E-state index in [1.807, 2.05) is 13.0 Å². The normalized spacial score (nSPS) is 12.2. The highest BCUT2D eigenvalue weighted by Gasteiger charge is 2.03. The third-order valence-electron chi connectivity index (χ3n) is 1.84. The first kappa shape index (κ1) is 13.6. The van der Waals surface area contributed by atoms with Gasteiger partial charge >= 0.3 is 0 Å². The van der Waals surface area contributed by atoms with E-state index in [0.717, 1.165) is 30.0 Å². The van der Waals surface area contributed by atoms with Crippen LogP contribution in [0.3, 0.4) is 0 Å². The maximum absolute atomic E-state index is 5.29. The molecule has 0 spiro atoms. The largest absolute Gasteiger partial charge is 0.496 e. The van der Waals surface area contributed by atoms with Crippen molar-refractivity contribution in [2.45, 2.75) is 20.3 Å². The summed E-state index contributed by atoms with van der Waals surface area (Å²) < 4.78 is 5.29. The molecule has 2 heteroatoms. The second-order valence-electron chi connectivity index (χ2n) is 3.24. The van der Waals surface area contributed by atoms with Gasteiger partial charge in [-0.15, -0.1) is 0 Å². The first-order valence-electron chi connectivity index (χ1n) is 5.11. The van der Waals surface area contributed by atoms with Gasteiger partial charge in [-0.1, -0.05) is 32.2 Å². The predicted molar refractivity (Wildman–Crippen MR) is 66.5 cm³/mol. The quantitative estimate of drug-likeness (QED) is 0.511. The van der Waals surface area contributed by atoms with Crippen molar-refractivity contribution in [3.8, 4) is 0 Å². The molecule has 0 aromatic heterocycles. The Kier molecular flexibility index (Phi) is 7.16. The molecule has 15 heavy (non-hydrogen) atoms. The number of ether oxygens (including phenoxy) is 1. The van der Waals surface area contributed by atoms with E-state index in [1.54, 1.807) is 13.2 Å². The zero-order valence-corrected chi connectivity index (χ0v) is 9.97. The average Bonchev–Trinajstić information content (AvgIpc) is 2.21. The second-order valence-corrected chi connectivity index (χ2v) is 3.24. The van der Waals surface area contributed by atoms with Gasteiger partial charge in [-0.25, -0.2) is 0 Å². The van der Waals surface area contributed by atoms with Gasteiger partial charge in [0, 0.05) is 17.8 Å². The summed E-state index contributed by atoms with van der Waals surface area (Å²) in [7, 11) is 1.67. The summed E-state index contributed by atoms with van der Waals surface area (Å²) in [6.45, 7) is 12.2. The Hall–Kier alpha value is -1.44. The summed E-state index contributed by atoms with van der Waals surface area (Å²) in [5.74, 6) is 0.848. The van der Waals surface area contributed by atoms with Gasteiger partial charge in [0.1, 0.15) is 5.76 Å². The maximum atomic E-state index is 5.29. The Balaban J connectivity index is 4.64. The molecule has 0 aliphatic carbocycles. The van der Waals surface area contributed by atoms with Crippen molar-refractivity contribution in [3.63, 3.8) is 0 Å². The Morgan fingerprint density at radius 2 is 2.13 bits per heavy atom. The van der Waals surface area contributed by atoms with Crippen LogP contribution >= 0.6 is 0 Å². The molecule has 0 unspecified atom stereocenters. The van der Waals surface area contributed by atoms with Crippen molar-refractivity contribution in [1.29, 1.82) is 0 Å². The molecule has 0 radical (unpaired) electrons. The van der Waals surface area contributed by atoms with Gasteiger partial charge < -0.3 is 10.1 Å². The van der Waals surface area contributed by atoms with Crippen LogP contribution in [0, 0.1) is 0 Å².